The minimum Gasteiger partial charge on any atom is -0.336 e. The van der Waals surface area contributed by atoms with Gasteiger partial charge in [-0.15, -0.1) is 0 Å². The number of nitrogens with zero attached hydrogens (tertiary/aromatic N) is 5. The number of carbonyl (C=O) groups is 1. The van der Waals surface area contributed by atoms with Crippen LogP contribution in [0.4, 0.5) is 30.7 Å². The summed E-state index contributed by atoms with van der Waals surface area (Å²) in [5.74, 6) is -0.681. The molecule has 0 spiro atoms. The quantitative estimate of drug-likeness (QED) is 0.611. The van der Waals surface area contributed by atoms with Crippen LogP contribution in [0, 0.1) is 0 Å². The van der Waals surface area contributed by atoms with Crippen LogP contribution in [0.25, 0.3) is 11.4 Å². The van der Waals surface area contributed by atoms with E-state index >= 15 is 0 Å². The second-order valence-corrected chi connectivity index (χ2v) is 8.01. The van der Waals surface area contributed by atoms with Crippen molar-refractivity contribution < 1.29 is 35.5 Å². The zero-order valence-electron chi connectivity index (χ0n) is 17.1. The first-order chi connectivity index (χ1) is 14.7. The van der Waals surface area contributed by atoms with Crippen molar-refractivity contribution in [1.29, 1.82) is 0 Å². The van der Waals surface area contributed by atoms with Gasteiger partial charge in [0.2, 0.25) is 5.91 Å². The molecule has 0 atom stereocenters. The van der Waals surface area contributed by atoms with Crippen LogP contribution in [0.5, 0.6) is 0 Å². The Kier molecular flexibility index (Phi) is 6.24. The molecule has 1 fully saturated rings. The molecule has 0 saturated carbocycles. The van der Waals surface area contributed by atoms with Crippen LogP contribution in [0.2, 0.25) is 0 Å². The number of hydrogen-bond acceptors (Lipinski definition) is 4. The summed E-state index contributed by atoms with van der Waals surface area (Å²) >= 11 is 0. The van der Waals surface area contributed by atoms with Gasteiger partial charge in [0.15, 0.2) is 11.5 Å². The number of likely N-dealkylation sites (tertiary alicyclic amines) is 1. The molecule has 1 aromatic carbocycles. The third-order valence-electron chi connectivity index (χ3n) is 4.84. The van der Waals surface area contributed by atoms with Crippen molar-refractivity contribution in [3.63, 3.8) is 0 Å². The molecule has 2 aromatic rings. The largest absolute Gasteiger partial charge is 0.416 e. The van der Waals surface area contributed by atoms with E-state index in [-0.39, 0.29) is 50.4 Å². The first kappa shape index (κ1) is 24.0. The normalized spacial score (nSPS) is 16.4. The monoisotopic (exact) mass is 467 g/mol. The van der Waals surface area contributed by atoms with Crippen LogP contribution in [-0.2, 0) is 23.7 Å². The number of halogens is 7. The van der Waals surface area contributed by atoms with Gasteiger partial charge >= 0.3 is 12.4 Å². The summed E-state index contributed by atoms with van der Waals surface area (Å²) in [5, 5.41) is 3.89. The van der Waals surface area contributed by atoms with Crippen LogP contribution in [0.3, 0.4) is 0 Å². The SMILES string of the molecule is CN(C)CC1(F)CN(C(=O)CCn2cnc(-c3cc(C(F)(F)F)cc(C(F)(F)F)c3)n2)C1. The van der Waals surface area contributed by atoms with Gasteiger partial charge in [0.05, 0.1) is 30.8 Å². The fourth-order valence-corrected chi connectivity index (χ4v) is 3.47. The minimum atomic E-state index is -4.99. The van der Waals surface area contributed by atoms with E-state index in [2.05, 4.69) is 10.1 Å². The van der Waals surface area contributed by atoms with Gasteiger partial charge < -0.3 is 9.80 Å². The van der Waals surface area contributed by atoms with Crippen LogP contribution in [-0.4, -0.2) is 69.9 Å². The van der Waals surface area contributed by atoms with Gasteiger partial charge in [-0.25, -0.2) is 9.37 Å². The summed E-state index contributed by atoms with van der Waals surface area (Å²) in [6, 6.07) is 1.09. The highest BCUT2D eigenvalue weighted by Gasteiger charge is 2.45. The van der Waals surface area contributed by atoms with Crippen molar-refractivity contribution in [1.82, 2.24) is 24.6 Å². The van der Waals surface area contributed by atoms with Gasteiger partial charge in [-0.1, -0.05) is 0 Å². The number of carbonyl (C=O) groups excluding carboxylic acids is 1. The van der Waals surface area contributed by atoms with E-state index in [9.17, 15) is 35.5 Å². The number of alkyl halides is 7. The molecular weight excluding hydrogens is 447 g/mol. The molecule has 0 N–H and O–H groups in total. The van der Waals surface area contributed by atoms with Crippen molar-refractivity contribution >= 4 is 5.91 Å². The van der Waals surface area contributed by atoms with Gasteiger partial charge in [-0.3, -0.25) is 9.48 Å². The molecule has 0 bridgehead atoms. The van der Waals surface area contributed by atoms with Gasteiger partial charge in [0.25, 0.3) is 0 Å². The zero-order valence-corrected chi connectivity index (χ0v) is 17.1. The topological polar surface area (TPSA) is 54.3 Å². The van der Waals surface area contributed by atoms with Crippen LogP contribution in [0.1, 0.15) is 17.5 Å². The highest BCUT2D eigenvalue weighted by Crippen LogP contribution is 2.38. The second kappa shape index (κ2) is 8.34. The van der Waals surface area contributed by atoms with E-state index in [1.54, 1.807) is 19.0 Å². The Morgan fingerprint density at radius 3 is 2.12 bits per heavy atom. The maximum absolute atomic E-state index is 14.3. The first-order valence-electron chi connectivity index (χ1n) is 9.47. The minimum absolute atomic E-state index is 0.0135. The Labute approximate surface area is 178 Å². The van der Waals surface area contributed by atoms with E-state index in [0.29, 0.717) is 12.1 Å². The predicted molar refractivity (Wildman–Crippen MR) is 99.1 cm³/mol. The lowest BCUT2D eigenvalue weighted by atomic mass is 9.95. The van der Waals surface area contributed by atoms with Crippen LogP contribution >= 0.6 is 0 Å². The number of rotatable bonds is 6. The van der Waals surface area contributed by atoms with Gasteiger partial charge in [-0.2, -0.15) is 31.4 Å². The average molecular weight is 467 g/mol. The molecule has 2 heterocycles. The van der Waals surface area contributed by atoms with Crippen LogP contribution in [0.15, 0.2) is 24.5 Å². The van der Waals surface area contributed by atoms with E-state index in [1.807, 2.05) is 0 Å². The number of aryl methyl sites for hydroxylation is 1. The Morgan fingerprint density at radius 1 is 1.06 bits per heavy atom. The van der Waals surface area contributed by atoms with E-state index in [1.165, 1.54) is 4.90 Å². The molecular formula is C19H20F7N5O. The predicted octanol–water partition coefficient (Wildman–Crippen LogP) is 3.48. The van der Waals surface area contributed by atoms with Crippen molar-refractivity contribution in [2.45, 2.75) is 31.0 Å². The molecule has 1 saturated heterocycles. The Morgan fingerprint density at radius 2 is 1.62 bits per heavy atom. The van der Waals surface area contributed by atoms with E-state index in [4.69, 9.17) is 0 Å². The Bertz CT molecular complexity index is 945. The molecule has 0 unspecified atom stereocenters. The summed E-state index contributed by atoms with van der Waals surface area (Å²) in [6.45, 7) is 0.0780. The molecule has 6 nitrogen and oxygen atoms in total. The number of aromatic nitrogens is 3. The molecule has 0 radical (unpaired) electrons. The van der Waals surface area contributed by atoms with Crippen molar-refractivity contribution in [2.75, 3.05) is 33.7 Å². The summed E-state index contributed by atoms with van der Waals surface area (Å²) in [5.41, 5.74) is -4.87. The highest BCUT2D eigenvalue weighted by molar-refractivity contribution is 5.77. The lowest BCUT2D eigenvalue weighted by Crippen LogP contribution is -2.64. The lowest BCUT2D eigenvalue weighted by molar-refractivity contribution is -0.147. The molecule has 0 aliphatic carbocycles. The fraction of sp³-hybridized carbons (Fsp3) is 0.526. The molecule has 13 heteroatoms. The zero-order chi connectivity index (χ0) is 23.9. The van der Waals surface area contributed by atoms with Crippen LogP contribution < -0.4 is 0 Å². The number of amides is 1. The van der Waals surface area contributed by atoms with E-state index in [0.717, 1.165) is 11.0 Å². The van der Waals surface area contributed by atoms with Gasteiger partial charge in [0, 0.05) is 18.5 Å². The third kappa shape index (κ3) is 5.56. The molecule has 1 aromatic heterocycles. The Balaban J connectivity index is 1.68. The average Bonchev–Trinajstić information content (AvgIpc) is 3.11. The highest BCUT2D eigenvalue weighted by atomic mass is 19.4. The smallest absolute Gasteiger partial charge is 0.336 e. The third-order valence-corrected chi connectivity index (χ3v) is 4.84. The summed E-state index contributed by atoms with van der Waals surface area (Å²) in [6.07, 6.45) is -8.93. The first-order valence-corrected chi connectivity index (χ1v) is 9.47. The fourth-order valence-electron chi connectivity index (χ4n) is 3.47. The molecule has 3 rings (SSSR count). The standard InChI is InChI=1S/C19H20F7N5O/c1-29(2)8-17(20)9-30(10-17)15(32)3-4-31-11-27-16(28-31)12-5-13(18(21,22)23)7-14(6-12)19(24,25)26/h5-7,11H,3-4,8-10H2,1-2H3. The molecule has 1 amide bonds. The van der Waals surface area contributed by atoms with Crippen molar-refractivity contribution in [3.05, 3.63) is 35.7 Å². The molecule has 1 aliphatic rings. The Hall–Kier alpha value is -2.70. The van der Waals surface area contributed by atoms with E-state index < -0.39 is 34.7 Å². The second-order valence-electron chi connectivity index (χ2n) is 8.01. The maximum atomic E-state index is 14.3. The molecule has 1 aliphatic heterocycles. The van der Waals surface area contributed by atoms with Gasteiger partial charge in [0.1, 0.15) is 6.33 Å². The maximum Gasteiger partial charge on any atom is 0.416 e. The summed E-state index contributed by atoms with van der Waals surface area (Å²) in [4.78, 5) is 19.0. The molecule has 32 heavy (non-hydrogen) atoms. The number of benzene rings is 1. The van der Waals surface area contributed by atoms with Crippen molar-refractivity contribution in [3.8, 4) is 11.4 Å². The van der Waals surface area contributed by atoms with Gasteiger partial charge in [-0.05, 0) is 32.3 Å². The lowest BCUT2D eigenvalue weighted by Gasteiger charge is -2.45. The number of hydrogen-bond donors (Lipinski definition) is 0. The summed E-state index contributed by atoms with van der Waals surface area (Å²) in [7, 11) is 3.44. The summed E-state index contributed by atoms with van der Waals surface area (Å²) < 4.78 is 93.6. The molecule has 176 valence electrons. The van der Waals surface area contributed by atoms with Crippen molar-refractivity contribution in [2.24, 2.45) is 0 Å².